The first-order valence-electron chi connectivity index (χ1n) is 7.77. The third kappa shape index (κ3) is 4.32. The monoisotopic (exact) mass is 260 g/mol. The van der Waals surface area contributed by atoms with Crippen molar-refractivity contribution in [3.05, 3.63) is 35.4 Å². The zero-order valence-electron chi connectivity index (χ0n) is 12.5. The largest absolute Gasteiger partial charge is 0.320 e. The Kier molecular flexibility index (Phi) is 5.87. The fourth-order valence-electron chi connectivity index (χ4n) is 3.08. The molecule has 2 nitrogen and oxygen atoms in total. The van der Waals surface area contributed by atoms with E-state index in [1.165, 1.54) is 50.0 Å². The standard InChI is InChI=1S/C17H28N2/c1-3-16-6-4-5-7-17(16)14-19-12-9-15(10-13-19)8-11-18-2/h4-7,15,18H,3,8-14H2,1-2H3. The van der Waals surface area contributed by atoms with E-state index in [1.54, 1.807) is 0 Å². The average Bonchev–Trinajstić information content (AvgIpc) is 2.47. The number of nitrogens with one attached hydrogen (secondary N) is 1. The molecule has 0 radical (unpaired) electrons. The predicted molar refractivity (Wildman–Crippen MR) is 82.4 cm³/mol. The van der Waals surface area contributed by atoms with Gasteiger partial charge in [0.05, 0.1) is 0 Å². The zero-order chi connectivity index (χ0) is 13.5. The van der Waals surface area contributed by atoms with E-state index in [-0.39, 0.29) is 0 Å². The maximum absolute atomic E-state index is 3.27. The highest BCUT2D eigenvalue weighted by atomic mass is 15.1. The van der Waals surface area contributed by atoms with Crippen LogP contribution in [0, 0.1) is 5.92 Å². The van der Waals surface area contributed by atoms with Gasteiger partial charge in [0.2, 0.25) is 0 Å². The highest BCUT2D eigenvalue weighted by molar-refractivity contribution is 5.26. The molecule has 0 unspecified atom stereocenters. The second kappa shape index (κ2) is 7.66. The van der Waals surface area contributed by atoms with Crippen LogP contribution in [0.25, 0.3) is 0 Å². The summed E-state index contributed by atoms with van der Waals surface area (Å²) in [6, 6.07) is 8.90. The second-order valence-corrected chi connectivity index (χ2v) is 5.73. The van der Waals surface area contributed by atoms with Crippen molar-refractivity contribution in [1.82, 2.24) is 10.2 Å². The Morgan fingerprint density at radius 1 is 1.16 bits per heavy atom. The summed E-state index contributed by atoms with van der Waals surface area (Å²) < 4.78 is 0. The number of likely N-dealkylation sites (tertiary alicyclic amines) is 1. The minimum atomic E-state index is 0.935. The molecule has 106 valence electrons. The molecule has 2 heteroatoms. The summed E-state index contributed by atoms with van der Waals surface area (Å²) >= 11 is 0. The second-order valence-electron chi connectivity index (χ2n) is 5.73. The molecule has 0 aliphatic carbocycles. The first-order chi connectivity index (χ1) is 9.33. The lowest BCUT2D eigenvalue weighted by Gasteiger charge is -2.32. The topological polar surface area (TPSA) is 15.3 Å². The van der Waals surface area contributed by atoms with Crippen molar-refractivity contribution < 1.29 is 0 Å². The number of benzene rings is 1. The fourth-order valence-corrected chi connectivity index (χ4v) is 3.08. The van der Waals surface area contributed by atoms with Gasteiger partial charge in [0.1, 0.15) is 0 Å². The Balaban J connectivity index is 1.82. The molecular formula is C17H28N2. The Bertz CT molecular complexity index is 367. The lowest BCUT2D eigenvalue weighted by Crippen LogP contribution is -2.34. The molecule has 1 aromatic carbocycles. The molecule has 1 N–H and O–H groups in total. The molecule has 1 aliphatic rings. The van der Waals surface area contributed by atoms with E-state index in [0.29, 0.717) is 0 Å². The SMILES string of the molecule is CCc1ccccc1CN1CCC(CCNC)CC1. The van der Waals surface area contributed by atoms with Crippen molar-refractivity contribution in [2.75, 3.05) is 26.7 Å². The Morgan fingerprint density at radius 3 is 2.47 bits per heavy atom. The number of hydrogen-bond acceptors (Lipinski definition) is 2. The number of nitrogens with zero attached hydrogens (tertiary/aromatic N) is 1. The average molecular weight is 260 g/mol. The summed E-state index contributed by atoms with van der Waals surface area (Å²) in [5, 5.41) is 3.27. The zero-order valence-corrected chi connectivity index (χ0v) is 12.5. The maximum atomic E-state index is 3.27. The summed E-state index contributed by atoms with van der Waals surface area (Å²) in [5.74, 6) is 0.935. The van der Waals surface area contributed by atoms with E-state index in [4.69, 9.17) is 0 Å². The molecule has 0 saturated carbocycles. The smallest absolute Gasteiger partial charge is 0.0236 e. The van der Waals surface area contributed by atoms with Gasteiger partial charge in [-0.15, -0.1) is 0 Å². The van der Waals surface area contributed by atoms with Gasteiger partial charge < -0.3 is 5.32 Å². The third-order valence-corrected chi connectivity index (χ3v) is 4.40. The first kappa shape index (κ1) is 14.5. The van der Waals surface area contributed by atoms with Crippen LogP contribution < -0.4 is 5.32 Å². The lowest BCUT2D eigenvalue weighted by atomic mass is 9.93. The van der Waals surface area contributed by atoms with E-state index in [1.807, 2.05) is 0 Å². The predicted octanol–water partition coefficient (Wildman–Crippen LogP) is 3.07. The molecule has 0 amide bonds. The summed E-state index contributed by atoms with van der Waals surface area (Å²) in [6.07, 6.45) is 5.23. The van der Waals surface area contributed by atoms with Gasteiger partial charge in [-0.3, -0.25) is 4.90 Å². The summed E-state index contributed by atoms with van der Waals surface area (Å²) in [4.78, 5) is 2.63. The lowest BCUT2D eigenvalue weighted by molar-refractivity contribution is 0.172. The minimum Gasteiger partial charge on any atom is -0.320 e. The van der Waals surface area contributed by atoms with Gasteiger partial charge in [-0.05, 0) is 69.4 Å². The van der Waals surface area contributed by atoms with Crippen LogP contribution in [0.5, 0.6) is 0 Å². The molecule has 1 saturated heterocycles. The van der Waals surface area contributed by atoms with Gasteiger partial charge in [0.25, 0.3) is 0 Å². The highest BCUT2D eigenvalue weighted by Crippen LogP contribution is 2.22. The molecule has 1 heterocycles. The Morgan fingerprint density at radius 2 is 1.84 bits per heavy atom. The van der Waals surface area contributed by atoms with Crippen LogP contribution >= 0.6 is 0 Å². The molecule has 0 bridgehead atoms. The van der Waals surface area contributed by atoms with Crippen LogP contribution in [0.15, 0.2) is 24.3 Å². The van der Waals surface area contributed by atoms with Gasteiger partial charge in [-0.1, -0.05) is 31.2 Å². The highest BCUT2D eigenvalue weighted by Gasteiger charge is 2.19. The summed E-state index contributed by atoms with van der Waals surface area (Å²) in [6.45, 7) is 7.10. The Hall–Kier alpha value is -0.860. The van der Waals surface area contributed by atoms with Crippen molar-refractivity contribution in [1.29, 1.82) is 0 Å². The van der Waals surface area contributed by atoms with Gasteiger partial charge in [0, 0.05) is 6.54 Å². The van der Waals surface area contributed by atoms with Gasteiger partial charge >= 0.3 is 0 Å². The van der Waals surface area contributed by atoms with E-state index in [0.717, 1.165) is 18.9 Å². The van der Waals surface area contributed by atoms with Crippen molar-refractivity contribution in [3.8, 4) is 0 Å². The van der Waals surface area contributed by atoms with Crippen molar-refractivity contribution in [2.45, 2.75) is 39.2 Å². The van der Waals surface area contributed by atoms with E-state index < -0.39 is 0 Å². The number of piperidine rings is 1. The number of hydrogen-bond donors (Lipinski definition) is 1. The minimum absolute atomic E-state index is 0.935. The summed E-state index contributed by atoms with van der Waals surface area (Å²) in [5.41, 5.74) is 3.04. The van der Waals surface area contributed by atoms with Gasteiger partial charge in [-0.2, -0.15) is 0 Å². The quantitative estimate of drug-likeness (QED) is 0.845. The number of aryl methyl sites for hydroxylation is 1. The van der Waals surface area contributed by atoms with Crippen molar-refractivity contribution in [3.63, 3.8) is 0 Å². The van der Waals surface area contributed by atoms with Crippen LogP contribution in [-0.4, -0.2) is 31.6 Å². The molecule has 1 fully saturated rings. The Labute approximate surface area is 118 Å². The van der Waals surface area contributed by atoms with Crippen LogP contribution in [0.1, 0.15) is 37.3 Å². The number of rotatable bonds is 6. The van der Waals surface area contributed by atoms with E-state index >= 15 is 0 Å². The van der Waals surface area contributed by atoms with Crippen LogP contribution in [-0.2, 0) is 13.0 Å². The van der Waals surface area contributed by atoms with Gasteiger partial charge in [0.15, 0.2) is 0 Å². The fraction of sp³-hybridized carbons (Fsp3) is 0.647. The van der Waals surface area contributed by atoms with Crippen LogP contribution in [0.2, 0.25) is 0 Å². The van der Waals surface area contributed by atoms with E-state index in [9.17, 15) is 0 Å². The molecular weight excluding hydrogens is 232 g/mol. The molecule has 1 aromatic rings. The van der Waals surface area contributed by atoms with Crippen molar-refractivity contribution >= 4 is 0 Å². The van der Waals surface area contributed by atoms with E-state index in [2.05, 4.69) is 48.5 Å². The third-order valence-electron chi connectivity index (χ3n) is 4.40. The first-order valence-corrected chi connectivity index (χ1v) is 7.77. The molecule has 0 atom stereocenters. The molecule has 2 rings (SSSR count). The van der Waals surface area contributed by atoms with Crippen LogP contribution in [0.3, 0.4) is 0 Å². The molecule has 1 aliphatic heterocycles. The van der Waals surface area contributed by atoms with Crippen molar-refractivity contribution in [2.24, 2.45) is 5.92 Å². The maximum Gasteiger partial charge on any atom is 0.0236 e. The molecule has 0 aromatic heterocycles. The molecule has 19 heavy (non-hydrogen) atoms. The van der Waals surface area contributed by atoms with Crippen LogP contribution in [0.4, 0.5) is 0 Å². The van der Waals surface area contributed by atoms with Gasteiger partial charge in [-0.25, -0.2) is 0 Å². The summed E-state index contributed by atoms with van der Waals surface area (Å²) in [7, 11) is 2.05. The normalized spacial score (nSPS) is 17.8. The molecule has 0 spiro atoms.